The molecule has 0 heterocycles. The van der Waals surface area contributed by atoms with E-state index < -0.39 is 0 Å². The van der Waals surface area contributed by atoms with Crippen LogP contribution in [0.1, 0.15) is 44.1 Å². The van der Waals surface area contributed by atoms with Gasteiger partial charge in [0.25, 0.3) is 0 Å². The Bertz CT molecular complexity index is 459. The van der Waals surface area contributed by atoms with E-state index in [9.17, 15) is 0 Å². The van der Waals surface area contributed by atoms with E-state index in [1.165, 1.54) is 44.1 Å². The summed E-state index contributed by atoms with van der Waals surface area (Å²) in [5, 5.41) is 0. The second-order valence-corrected chi connectivity index (χ2v) is 7.68. The van der Waals surface area contributed by atoms with Crippen LogP contribution in [0.5, 0.6) is 11.5 Å². The van der Waals surface area contributed by atoms with E-state index in [-0.39, 0.29) is 0 Å². The Balaban J connectivity index is 1.94. The molecule has 3 fully saturated rings. The standard InChI is InChI=1S/C16H21BrO2/c1-18-13-4-3-12(11-14(13)19-2)15-5-8-16(17,9-6-15)10-7-15/h3-4,11H,5-10H2,1-2H3. The third kappa shape index (κ3) is 2.16. The van der Waals surface area contributed by atoms with Crippen LogP contribution in [0.4, 0.5) is 0 Å². The molecule has 4 rings (SSSR count). The monoisotopic (exact) mass is 324 g/mol. The van der Waals surface area contributed by atoms with E-state index in [1.807, 2.05) is 6.07 Å². The lowest BCUT2D eigenvalue weighted by Crippen LogP contribution is -2.44. The topological polar surface area (TPSA) is 18.5 Å². The summed E-state index contributed by atoms with van der Waals surface area (Å²) in [6.45, 7) is 0. The van der Waals surface area contributed by atoms with Crippen molar-refractivity contribution in [1.82, 2.24) is 0 Å². The largest absolute Gasteiger partial charge is 0.493 e. The van der Waals surface area contributed by atoms with E-state index in [0.29, 0.717) is 9.74 Å². The Labute approximate surface area is 123 Å². The van der Waals surface area contributed by atoms with Gasteiger partial charge in [0.2, 0.25) is 0 Å². The zero-order valence-electron chi connectivity index (χ0n) is 11.7. The molecule has 0 aromatic heterocycles. The molecule has 2 bridgehead atoms. The van der Waals surface area contributed by atoms with Crippen LogP contribution < -0.4 is 9.47 Å². The lowest BCUT2D eigenvalue weighted by molar-refractivity contribution is 0.162. The molecule has 0 saturated heterocycles. The van der Waals surface area contributed by atoms with Gasteiger partial charge in [-0.3, -0.25) is 0 Å². The highest BCUT2D eigenvalue weighted by atomic mass is 79.9. The predicted molar refractivity (Wildman–Crippen MR) is 80.6 cm³/mol. The minimum Gasteiger partial charge on any atom is -0.493 e. The number of ether oxygens (including phenoxy) is 2. The summed E-state index contributed by atoms with van der Waals surface area (Å²) >= 11 is 3.94. The van der Waals surface area contributed by atoms with E-state index >= 15 is 0 Å². The molecule has 3 aliphatic rings. The van der Waals surface area contributed by atoms with Crippen molar-refractivity contribution in [3.05, 3.63) is 23.8 Å². The highest BCUT2D eigenvalue weighted by Gasteiger charge is 2.48. The quantitative estimate of drug-likeness (QED) is 0.765. The summed E-state index contributed by atoms with van der Waals surface area (Å²) < 4.78 is 11.2. The molecule has 0 aliphatic heterocycles. The maximum absolute atomic E-state index is 5.46. The highest BCUT2D eigenvalue weighted by molar-refractivity contribution is 9.10. The second-order valence-electron chi connectivity index (χ2n) is 6.00. The molecular weight excluding hydrogens is 304 g/mol. The number of halogens is 1. The summed E-state index contributed by atoms with van der Waals surface area (Å²) in [7, 11) is 3.40. The molecule has 1 aromatic carbocycles. The van der Waals surface area contributed by atoms with Crippen LogP contribution in [0, 0.1) is 0 Å². The predicted octanol–water partition coefficient (Wildman–Crippen LogP) is 4.44. The summed E-state index contributed by atoms with van der Waals surface area (Å²) in [5.41, 5.74) is 1.80. The molecule has 3 aliphatic carbocycles. The van der Waals surface area contributed by atoms with Crippen LogP contribution in [-0.2, 0) is 5.41 Å². The van der Waals surface area contributed by atoms with E-state index in [2.05, 4.69) is 28.1 Å². The molecule has 0 atom stereocenters. The molecule has 0 spiro atoms. The van der Waals surface area contributed by atoms with Crippen molar-refractivity contribution >= 4 is 15.9 Å². The van der Waals surface area contributed by atoms with Gasteiger partial charge in [0.15, 0.2) is 11.5 Å². The van der Waals surface area contributed by atoms with Gasteiger partial charge >= 0.3 is 0 Å². The minimum atomic E-state index is 0.370. The van der Waals surface area contributed by atoms with Gasteiger partial charge in [-0.1, -0.05) is 22.0 Å². The summed E-state index contributed by atoms with van der Waals surface area (Å²) in [4.78, 5) is 0. The molecule has 0 N–H and O–H groups in total. The maximum atomic E-state index is 5.46. The minimum absolute atomic E-state index is 0.370. The van der Waals surface area contributed by atoms with Crippen LogP contribution in [0.25, 0.3) is 0 Å². The normalized spacial score (nSPS) is 33.2. The smallest absolute Gasteiger partial charge is 0.161 e. The lowest BCUT2D eigenvalue weighted by atomic mass is 9.58. The average Bonchev–Trinajstić information content (AvgIpc) is 2.47. The number of alkyl halides is 1. The van der Waals surface area contributed by atoms with Crippen molar-refractivity contribution in [2.45, 2.75) is 48.3 Å². The molecule has 1 aromatic rings. The Kier molecular flexibility index (Phi) is 3.28. The number of fused-ring (bicyclic) bond motifs is 3. The van der Waals surface area contributed by atoms with Gasteiger partial charge in [-0.05, 0) is 61.6 Å². The average molecular weight is 325 g/mol. The first-order valence-electron chi connectivity index (χ1n) is 7.02. The van der Waals surface area contributed by atoms with Crippen molar-refractivity contribution < 1.29 is 9.47 Å². The van der Waals surface area contributed by atoms with Gasteiger partial charge in [0.05, 0.1) is 14.2 Å². The Morgan fingerprint density at radius 3 is 2.00 bits per heavy atom. The van der Waals surface area contributed by atoms with Gasteiger partial charge < -0.3 is 9.47 Å². The Morgan fingerprint density at radius 2 is 1.47 bits per heavy atom. The van der Waals surface area contributed by atoms with E-state index in [0.717, 1.165) is 11.5 Å². The number of hydrogen-bond acceptors (Lipinski definition) is 2. The maximum Gasteiger partial charge on any atom is 0.161 e. The summed E-state index contributed by atoms with van der Waals surface area (Å²) in [6.07, 6.45) is 7.74. The molecule has 104 valence electrons. The zero-order chi connectivity index (χ0) is 13.5. The molecule has 0 unspecified atom stereocenters. The SMILES string of the molecule is COc1ccc(C23CCC(Br)(CC2)CC3)cc1OC. The van der Waals surface area contributed by atoms with E-state index in [1.54, 1.807) is 14.2 Å². The Morgan fingerprint density at radius 1 is 0.895 bits per heavy atom. The van der Waals surface area contributed by atoms with Crippen molar-refractivity contribution in [2.75, 3.05) is 14.2 Å². The first-order valence-corrected chi connectivity index (χ1v) is 7.82. The van der Waals surface area contributed by atoms with Gasteiger partial charge in [0.1, 0.15) is 0 Å². The van der Waals surface area contributed by atoms with Crippen LogP contribution >= 0.6 is 15.9 Å². The number of rotatable bonds is 3. The third-order valence-electron chi connectivity index (χ3n) is 5.15. The molecule has 3 heteroatoms. The van der Waals surface area contributed by atoms with Gasteiger partial charge in [-0.25, -0.2) is 0 Å². The van der Waals surface area contributed by atoms with Gasteiger partial charge in [-0.15, -0.1) is 0 Å². The van der Waals surface area contributed by atoms with Crippen LogP contribution in [0.15, 0.2) is 18.2 Å². The zero-order valence-corrected chi connectivity index (χ0v) is 13.3. The van der Waals surface area contributed by atoms with Crippen molar-refractivity contribution in [3.8, 4) is 11.5 Å². The van der Waals surface area contributed by atoms with Crippen molar-refractivity contribution in [2.24, 2.45) is 0 Å². The fourth-order valence-corrected chi connectivity index (χ4v) is 4.33. The first-order chi connectivity index (χ1) is 9.11. The first kappa shape index (κ1) is 13.3. The summed E-state index contributed by atoms with van der Waals surface area (Å²) in [6, 6.07) is 6.47. The summed E-state index contributed by atoms with van der Waals surface area (Å²) in [5.74, 6) is 1.68. The van der Waals surface area contributed by atoms with Crippen LogP contribution in [0.2, 0.25) is 0 Å². The third-order valence-corrected chi connectivity index (χ3v) is 6.34. The van der Waals surface area contributed by atoms with Gasteiger partial charge in [0, 0.05) is 4.32 Å². The fourth-order valence-electron chi connectivity index (χ4n) is 3.74. The van der Waals surface area contributed by atoms with Crippen LogP contribution in [-0.4, -0.2) is 18.5 Å². The molecule has 2 nitrogen and oxygen atoms in total. The second kappa shape index (κ2) is 4.69. The molecule has 3 saturated carbocycles. The molecule has 0 amide bonds. The van der Waals surface area contributed by atoms with Crippen molar-refractivity contribution in [3.63, 3.8) is 0 Å². The number of hydrogen-bond donors (Lipinski definition) is 0. The number of benzene rings is 1. The lowest BCUT2D eigenvalue weighted by Gasteiger charge is -2.51. The Hall–Kier alpha value is -0.700. The molecular formula is C16H21BrO2. The van der Waals surface area contributed by atoms with E-state index in [4.69, 9.17) is 9.47 Å². The van der Waals surface area contributed by atoms with Gasteiger partial charge in [-0.2, -0.15) is 0 Å². The highest BCUT2D eigenvalue weighted by Crippen LogP contribution is 2.57. The van der Waals surface area contributed by atoms with Crippen molar-refractivity contribution in [1.29, 1.82) is 0 Å². The number of methoxy groups -OCH3 is 2. The molecule has 0 radical (unpaired) electrons. The van der Waals surface area contributed by atoms with Crippen LogP contribution in [0.3, 0.4) is 0 Å². The molecule has 19 heavy (non-hydrogen) atoms. The fraction of sp³-hybridized carbons (Fsp3) is 0.625.